The highest BCUT2D eigenvalue weighted by Gasteiger charge is 2.63. The number of hydrogen-bond acceptors (Lipinski definition) is 2. The number of ether oxygens (including phenoxy) is 1. The SMILES string of the molecule is COC(C(=O)O)(c1ccc(C(C)C)cc1)C(F)(F)F. The number of hydrogen-bond donors (Lipinski definition) is 1. The van der Waals surface area contributed by atoms with Gasteiger partial charge in [-0.2, -0.15) is 13.2 Å². The molecule has 0 spiro atoms. The van der Waals surface area contributed by atoms with Crippen LogP contribution in [0, 0.1) is 0 Å². The molecule has 0 heterocycles. The van der Waals surface area contributed by atoms with E-state index in [0.717, 1.165) is 24.8 Å². The van der Waals surface area contributed by atoms with Gasteiger partial charge in [-0.1, -0.05) is 38.1 Å². The first-order valence-electron chi connectivity index (χ1n) is 5.62. The van der Waals surface area contributed by atoms with Crippen molar-refractivity contribution < 1.29 is 27.8 Å². The minimum Gasteiger partial charge on any atom is -0.479 e. The Kier molecular flexibility index (Phi) is 4.25. The third-order valence-corrected chi connectivity index (χ3v) is 2.99. The zero-order chi connectivity index (χ0) is 14.8. The summed E-state index contributed by atoms with van der Waals surface area (Å²) in [6.07, 6.45) is -5.05. The Morgan fingerprint density at radius 3 is 1.95 bits per heavy atom. The summed E-state index contributed by atoms with van der Waals surface area (Å²) in [5.41, 5.74) is -2.96. The van der Waals surface area contributed by atoms with Crippen LogP contribution in [0.4, 0.5) is 13.2 Å². The second-order valence-corrected chi connectivity index (χ2v) is 4.46. The van der Waals surface area contributed by atoms with Crippen LogP contribution in [0.2, 0.25) is 0 Å². The van der Waals surface area contributed by atoms with Gasteiger partial charge in [-0.25, -0.2) is 4.79 Å². The zero-order valence-electron chi connectivity index (χ0n) is 10.8. The van der Waals surface area contributed by atoms with Gasteiger partial charge in [0.15, 0.2) is 0 Å². The van der Waals surface area contributed by atoms with Crippen molar-refractivity contribution in [3.8, 4) is 0 Å². The van der Waals surface area contributed by atoms with Crippen molar-refractivity contribution in [1.29, 1.82) is 0 Å². The van der Waals surface area contributed by atoms with E-state index in [-0.39, 0.29) is 5.92 Å². The van der Waals surface area contributed by atoms with Crippen LogP contribution < -0.4 is 0 Å². The van der Waals surface area contributed by atoms with Crippen LogP contribution >= 0.6 is 0 Å². The van der Waals surface area contributed by atoms with E-state index in [1.807, 2.05) is 13.8 Å². The topological polar surface area (TPSA) is 46.5 Å². The smallest absolute Gasteiger partial charge is 0.432 e. The van der Waals surface area contributed by atoms with Crippen LogP contribution in [0.15, 0.2) is 24.3 Å². The lowest BCUT2D eigenvalue weighted by molar-refractivity contribution is -0.273. The van der Waals surface area contributed by atoms with Gasteiger partial charge >= 0.3 is 12.1 Å². The van der Waals surface area contributed by atoms with Gasteiger partial charge in [0.1, 0.15) is 0 Å². The molecule has 0 aliphatic heterocycles. The summed E-state index contributed by atoms with van der Waals surface area (Å²) in [7, 11) is 0.734. The van der Waals surface area contributed by atoms with Crippen LogP contribution in [0.5, 0.6) is 0 Å². The van der Waals surface area contributed by atoms with Crippen LogP contribution in [-0.2, 0) is 15.1 Å². The van der Waals surface area contributed by atoms with Gasteiger partial charge < -0.3 is 9.84 Å². The molecule has 1 unspecified atom stereocenters. The summed E-state index contributed by atoms with van der Waals surface area (Å²) in [6.45, 7) is 3.78. The molecule has 1 aromatic rings. The molecule has 0 saturated carbocycles. The van der Waals surface area contributed by atoms with Crippen molar-refractivity contribution in [2.75, 3.05) is 7.11 Å². The summed E-state index contributed by atoms with van der Waals surface area (Å²) < 4.78 is 43.5. The standard InChI is InChI=1S/C13H15F3O3/c1-8(2)9-4-6-10(7-5-9)12(19-3,11(17)18)13(14,15)16/h4-8H,1-3H3,(H,17,18). The molecule has 0 aliphatic rings. The first kappa shape index (κ1) is 15.5. The molecular weight excluding hydrogens is 261 g/mol. The monoisotopic (exact) mass is 276 g/mol. The number of aliphatic carboxylic acids is 1. The van der Waals surface area contributed by atoms with Crippen molar-refractivity contribution in [3.05, 3.63) is 35.4 Å². The molecule has 106 valence electrons. The van der Waals surface area contributed by atoms with Gasteiger partial charge in [0.25, 0.3) is 5.60 Å². The molecule has 0 radical (unpaired) electrons. The lowest BCUT2D eigenvalue weighted by Crippen LogP contribution is -2.50. The molecule has 6 heteroatoms. The number of methoxy groups -OCH3 is 1. The quantitative estimate of drug-likeness (QED) is 0.917. The van der Waals surface area contributed by atoms with Crippen LogP contribution in [-0.4, -0.2) is 24.4 Å². The second kappa shape index (κ2) is 5.21. The third-order valence-electron chi connectivity index (χ3n) is 2.99. The molecule has 1 rings (SSSR count). The van der Waals surface area contributed by atoms with E-state index in [1.165, 1.54) is 12.1 Å². The fraction of sp³-hybridized carbons (Fsp3) is 0.462. The minimum atomic E-state index is -5.05. The molecule has 0 aliphatic carbocycles. The molecule has 0 fully saturated rings. The minimum absolute atomic E-state index is 0.140. The number of alkyl halides is 3. The molecule has 0 saturated heterocycles. The Morgan fingerprint density at radius 2 is 1.68 bits per heavy atom. The van der Waals surface area contributed by atoms with Crippen molar-refractivity contribution in [2.24, 2.45) is 0 Å². The van der Waals surface area contributed by atoms with E-state index < -0.39 is 23.3 Å². The van der Waals surface area contributed by atoms with E-state index >= 15 is 0 Å². The Bertz CT molecular complexity index is 451. The van der Waals surface area contributed by atoms with E-state index in [1.54, 1.807) is 0 Å². The van der Waals surface area contributed by atoms with Gasteiger partial charge in [-0.15, -0.1) is 0 Å². The van der Waals surface area contributed by atoms with Gasteiger partial charge in [0.05, 0.1) is 0 Å². The van der Waals surface area contributed by atoms with Crippen molar-refractivity contribution in [2.45, 2.75) is 31.5 Å². The molecule has 1 aromatic carbocycles. The van der Waals surface area contributed by atoms with Gasteiger partial charge in [0.2, 0.25) is 0 Å². The van der Waals surface area contributed by atoms with Gasteiger partial charge in [-0.05, 0) is 11.5 Å². The van der Waals surface area contributed by atoms with Crippen LogP contribution in [0.25, 0.3) is 0 Å². The summed E-state index contributed by atoms with van der Waals surface area (Å²) in [5.74, 6) is -1.94. The van der Waals surface area contributed by atoms with E-state index in [9.17, 15) is 18.0 Å². The fourth-order valence-electron chi connectivity index (χ4n) is 1.83. The van der Waals surface area contributed by atoms with Gasteiger partial charge in [-0.3, -0.25) is 0 Å². The third kappa shape index (κ3) is 2.58. The first-order valence-corrected chi connectivity index (χ1v) is 5.62. The predicted octanol–water partition coefficient (Wildman–Crippen LogP) is 3.30. The summed E-state index contributed by atoms with van der Waals surface area (Å²) in [5, 5.41) is 8.95. The van der Waals surface area contributed by atoms with Crippen LogP contribution in [0.1, 0.15) is 30.9 Å². The average molecular weight is 276 g/mol. The Labute approximate surface area is 109 Å². The number of benzene rings is 1. The molecule has 1 N–H and O–H groups in total. The van der Waals surface area contributed by atoms with Crippen molar-refractivity contribution in [3.63, 3.8) is 0 Å². The number of rotatable bonds is 4. The fourth-order valence-corrected chi connectivity index (χ4v) is 1.83. The van der Waals surface area contributed by atoms with Crippen molar-refractivity contribution >= 4 is 5.97 Å². The van der Waals surface area contributed by atoms with Crippen LogP contribution in [0.3, 0.4) is 0 Å². The molecule has 0 bridgehead atoms. The average Bonchev–Trinajstić information content (AvgIpc) is 2.28. The molecule has 0 aromatic heterocycles. The first-order chi connectivity index (χ1) is 8.66. The lowest BCUT2D eigenvalue weighted by atomic mass is 9.90. The highest BCUT2D eigenvalue weighted by Crippen LogP contribution is 2.42. The molecule has 0 amide bonds. The summed E-state index contributed by atoms with van der Waals surface area (Å²) in [6, 6.07) is 5.23. The molecule has 3 nitrogen and oxygen atoms in total. The number of carboxylic acids is 1. The maximum Gasteiger partial charge on any atom is 0.432 e. The van der Waals surface area contributed by atoms with E-state index in [0.29, 0.717) is 0 Å². The summed E-state index contributed by atoms with van der Waals surface area (Å²) in [4.78, 5) is 11.1. The largest absolute Gasteiger partial charge is 0.479 e. The highest BCUT2D eigenvalue weighted by molar-refractivity contribution is 5.80. The maximum absolute atomic E-state index is 13.1. The number of halogens is 3. The highest BCUT2D eigenvalue weighted by atomic mass is 19.4. The number of carboxylic acid groups (broad SMARTS) is 1. The van der Waals surface area contributed by atoms with E-state index in [4.69, 9.17) is 5.11 Å². The molecule has 19 heavy (non-hydrogen) atoms. The van der Waals surface area contributed by atoms with E-state index in [2.05, 4.69) is 4.74 Å². The molecular formula is C13H15F3O3. The summed E-state index contributed by atoms with van der Waals surface area (Å²) >= 11 is 0. The molecule has 1 atom stereocenters. The predicted molar refractivity (Wildman–Crippen MR) is 62.9 cm³/mol. The number of carbonyl (C=O) groups is 1. The Morgan fingerprint density at radius 1 is 1.21 bits per heavy atom. The van der Waals surface area contributed by atoms with Crippen molar-refractivity contribution in [1.82, 2.24) is 0 Å². The maximum atomic E-state index is 13.1. The second-order valence-electron chi connectivity index (χ2n) is 4.46. The van der Waals surface area contributed by atoms with Gasteiger partial charge in [0, 0.05) is 12.7 Å². The Balaban J connectivity index is 3.38. The normalized spacial score (nSPS) is 15.3. The Hall–Kier alpha value is -1.56. The zero-order valence-corrected chi connectivity index (χ0v) is 10.8. The lowest BCUT2D eigenvalue weighted by Gasteiger charge is -2.30.